The number of hydrogen-bond donors (Lipinski definition) is 2. The van der Waals surface area contributed by atoms with E-state index in [1.54, 1.807) is 6.20 Å². The van der Waals surface area contributed by atoms with Crippen molar-refractivity contribution in [2.24, 2.45) is 0 Å². The largest absolute Gasteiger partial charge is 0.397 e. The zero-order valence-electron chi connectivity index (χ0n) is 12.0. The molecule has 1 fully saturated rings. The molecule has 2 rings (SSSR count). The Balaban J connectivity index is 1.73. The van der Waals surface area contributed by atoms with Crippen LogP contribution < -0.4 is 15.5 Å². The predicted molar refractivity (Wildman–Crippen MR) is 75.7 cm³/mol. The fraction of sp³-hybridized carbons (Fsp3) is 0.615. The smallest absolute Gasteiger partial charge is 0.370 e. The van der Waals surface area contributed by atoms with Gasteiger partial charge < -0.3 is 15.5 Å². The number of carbonyl (C=O) groups is 1. The third kappa shape index (κ3) is 5.38. The maximum absolute atomic E-state index is 12.0. The van der Waals surface area contributed by atoms with Crippen LogP contribution in [0.25, 0.3) is 0 Å². The van der Waals surface area contributed by atoms with Crippen molar-refractivity contribution < 1.29 is 18.0 Å². The number of anilines is 2. The van der Waals surface area contributed by atoms with Gasteiger partial charge in [0.05, 0.1) is 11.9 Å². The molecule has 0 saturated carbocycles. The summed E-state index contributed by atoms with van der Waals surface area (Å²) in [6.45, 7) is 2.34. The molecular weight excluding hydrogens is 299 g/mol. The summed E-state index contributed by atoms with van der Waals surface area (Å²) < 4.78 is 35.9. The third-order valence-electron chi connectivity index (χ3n) is 3.23. The summed E-state index contributed by atoms with van der Waals surface area (Å²) in [5.74, 6) is -0.499. The second-order valence-corrected chi connectivity index (χ2v) is 5.06. The quantitative estimate of drug-likeness (QED) is 0.779. The molecule has 0 atom stereocenters. The molecule has 0 bridgehead atoms. The molecule has 1 aromatic rings. The second kappa shape index (κ2) is 7.28. The highest BCUT2D eigenvalue weighted by atomic mass is 19.4. The number of hydrogen-bond acceptors (Lipinski definition) is 5. The van der Waals surface area contributed by atoms with E-state index in [0.29, 0.717) is 5.82 Å². The minimum absolute atomic E-state index is 0.0878. The van der Waals surface area contributed by atoms with Crippen molar-refractivity contribution in [1.82, 2.24) is 15.5 Å². The Bertz CT molecular complexity index is 503. The minimum atomic E-state index is -4.48. The monoisotopic (exact) mass is 317 g/mol. The molecule has 1 aliphatic heterocycles. The Morgan fingerprint density at radius 1 is 1.27 bits per heavy atom. The van der Waals surface area contributed by atoms with Crippen LogP contribution in [0, 0.1) is 0 Å². The molecule has 2 N–H and O–H groups in total. The number of alkyl halides is 3. The molecule has 1 aromatic heterocycles. The van der Waals surface area contributed by atoms with Gasteiger partial charge in [0.2, 0.25) is 5.91 Å². The maximum Gasteiger partial charge on any atom is 0.397 e. The van der Waals surface area contributed by atoms with E-state index in [9.17, 15) is 18.0 Å². The first-order valence-corrected chi connectivity index (χ1v) is 7.09. The van der Waals surface area contributed by atoms with Crippen LogP contribution in [0.5, 0.6) is 0 Å². The number of nitrogens with one attached hydrogen (secondary N) is 2. The van der Waals surface area contributed by atoms with Crippen molar-refractivity contribution in [2.75, 3.05) is 36.4 Å². The normalized spacial score (nSPS) is 15.0. The SMILES string of the molecule is O=C(CC(F)(F)F)NCCNc1cc(N2CCCC2)cnn1. The van der Waals surface area contributed by atoms with Gasteiger partial charge in [0, 0.05) is 32.2 Å². The predicted octanol–water partition coefficient (Wildman–Crippen LogP) is 1.56. The summed E-state index contributed by atoms with van der Waals surface area (Å²) in [6, 6.07) is 1.84. The number of carbonyl (C=O) groups excluding carboxylic acids is 1. The van der Waals surface area contributed by atoms with E-state index in [4.69, 9.17) is 0 Å². The average Bonchev–Trinajstić information content (AvgIpc) is 2.96. The highest BCUT2D eigenvalue weighted by Gasteiger charge is 2.30. The first kappa shape index (κ1) is 16.3. The number of nitrogens with zero attached hydrogens (tertiary/aromatic N) is 3. The average molecular weight is 317 g/mol. The van der Waals surface area contributed by atoms with Gasteiger partial charge in [0.1, 0.15) is 6.42 Å². The molecule has 2 heterocycles. The first-order valence-electron chi connectivity index (χ1n) is 7.09. The van der Waals surface area contributed by atoms with Crippen molar-refractivity contribution in [1.29, 1.82) is 0 Å². The van der Waals surface area contributed by atoms with Crippen LogP contribution in [0.15, 0.2) is 12.3 Å². The summed E-state index contributed by atoms with van der Waals surface area (Å²) >= 11 is 0. The lowest BCUT2D eigenvalue weighted by molar-refractivity contribution is -0.153. The Labute approximate surface area is 126 Å². The molecule has 0 aliphatic carbocycles. The van der Waals surface area contributed by atoms with Crippen LogP contribution in [0.2, 0.25) is 0 Å². The van der Waals surface area contributed by atoms with E-state index >= 15 is 0 Å². The van der Waals surface area contributed by atoms with Crippen LogP contribution in [0.1, 0.15) is 19.3 Å². The van der Waals surface area contributed by atoms with Crippen molar-refractivity contribution in [3.63, 3.8) is 0 Å². The Hall–Kier alpha value is -2.06. The van der Waals surface area contributed by atoms with Crippen molar-refractivity contribution in [3.05, 3.63) is 12.3 Å². The molecule has 0 aromatic carbocycles. The van der Waals surface area contributed by atoms with Gasteiger partial charge in [0.15, 0.2) is 5.82 Å². The molecule has 1 saturated heterocycles. The van der Waals surface area contributed by atoms with Gasteiger partial charge in [0.25, 0.3) is 0 Å². The second-order valence-electron chi connectivity index (χ2n) is 5.06. The van der Waals surface area contributed by atoms with Crippen LogP contribution in [0.4, 0.5) is 24.7 Å². The van der Waals surface area contributed by atoms with Crippen LogP contribution in [0.3, 0.4) is 0 Å². The Morgan fingerprint density at radius 2 is 2.00 bits per heavy atom. The lowest BCUT2D eigenvalue weighted by Crippen LogP contribution is -2.32. The fourth-order valence-corrected chi connectivity index (χ4v) is 2.23. The lowest BCUT2D eigenvalue weighted by atomic mass is 10.4. The van der Waals surface area contributed by atoms with Gasteiger partial charge in [-0.25, -0.2) is 0 Å². The highest BCUT2D eigenvalue weighted by Crippen LogP contribution is 2.20. The molecule has 1 aliphatic rings. The molecule has 22 heavy (non-hydrogen) atoms. The summed E-state index contributed by atoms with van der Waals surface area (Å²) in [6.07, 6.45) is -1.96. The molecule has 1 amide bonds. The van der Waals surface area contributed by atoms with Gasteiger partial charge in [-0.05, 0) is 12.8 Å². The van der Waals surface area contributed by atoms with E-state index < -0.39 is 18.5 Å². The first-order chi connectivity index (χ1) is 10.4. The van der Waals surface area contributed by atoms with Crippen LogP contribution in [-0.2, 0) is 4.79 Å². The van der Waals surface area contributed by atoms with E-state index in [1.165, 1.54) is 0 Å². The van der Waals surface area contributed by atoms with Gasteiger partial charge in [-0.2, -0.15) is 18.3 Å². The maximum atomic E-state index is 12.0. The van der Waals surface area contributed by atoms with Gasteiger partial charge in [-0.3, -0.25) is 4.79 Å². The van der Waals surface area contributed by atoms with E-state index in [0.717, 1.165) is 31.6 Å². The van der Waals surface area contributed by atoms with Gasteiger partial charge in [-0.15, -0.1) is 5.10 Å². The number of aromatic nitrogens is 2. The standard InChI is InChI=1S/C13H18F3N5O/c14-13(15,16)8-12(22)18-4-3-17-11-7-10(9-19-20-11)21-5-1-2-6-21/h7,9H,1-6,8H2,(H,17,20)(H,18,22). The van der Waals surface area contributed by atoms with Crippen molar-refractivity contribution >= 4 is 17.4 Å². The zero-order chi connectivity index (χ0) is 16.0. The molecule has 6 nitrogen and oxygen atoms in total. The fourth-order valence-electron chi connectivity index (χ4n) is 2.23. The highest BCUT2D eigenvalue weighted by molar-refractivity contribution is 5.76. The lowest BCUT2D eigenvalue weighted by Gasteiger charge is -2.17. The third-order valence-corrected chi connectivity index (χ3v) is 3.23. The summed E-state index contributed by atoms with van der Waals surface area (Å²) in [4.78, 5) is 13.2. The number of rotatable bonds is 6. The number of amides is 1. The zero-order valence-corrected chi connectivity index (χ0v) is 12.0. The van der Waals surface area contributed by atoms with Gasteiger partial charge in [-0.1, -0.05) is 0 Å². The van der Waals surface area contributed by atoms with Gasteiger partial charge >= 0.3 is 6.18 Å². The van der Waals surface area contributed by atoms with E-state index in [-0.39, 0.29) is 13.1 Å². The molecule has 0 spiro atoms. The summed E-state index contributed by atoms with van der Waals surface area (Å²) in [5, 5.41) is 12.9. The summed E-state index contributed by atoms with van der Waals surface area (Å²) in [7, 11) is 0. The molecular formula is C13H18F3N5O. The summed E-state index contributed by atoms with van der Waals surface area (Å²) in [5.41, 5.74) is 0.969. The molecule has 0 unspecified atom stereocenters. The van der Waals surface area contributed by atoms with Crippen LogP contribution in [-0.4, -0.2) is 48.5 Å². The van der Waals surface area contributed by atoms with Crippen LogP contribution >= 0.6 is 0 Å². The minimum Gasteiger partial charge on any atom is -0.370 e. The number of halogens is 3. The van der Waals surface area contributed by atoms with E-state index in [1.807, 2.05) is 6.07 Å². The van der Waals surface area contributed by atoms with Crippen molar-refractivity contribution in [3.8, 4) is 0 Å². The molecule has 9 heteroatoms. The Kier molecular flexibility index (Phi) is 5.40. The molecule has 0 radical (unpaired) electrons. The van der Waals surface area contributed by atoms with E-state index in [2.05, 4.69) is 25.7 Å². The molecule has 122 valence electrons. The Morgan fingerprint density at radius 3 is 2.68 bits per heavy atom. The topological polar surface area (TPSA) is 70.2 Å². The van der Waals surface area contributed by atoms with Crippen molar-refractivity contribution in [2.45, 2.75) is 25.4 Å².